The van der Waals surface area contributed by atoms with Crippen molar-refractivity contribution in [1.29, 1.82) is 0 Å². The van der Waals surface area contributed by atoms with Crippen molar-refractivity contribution in [2.45, 2.75) is 66.0 Å². The lowest BCUT2D eigenvalue weighted by Gasteiger charge is -2.22. The second kappa shape index (κ2) is 10.2. The number of likely N-dealkylation sites (N-methyl/N-ethyl adjacent to an activating group) is 1. The summed E-state index contributed by atoms with van der Waals surface area (Å²) in [5, 5.41) is 5.43. The average molecular weight is 391 g/mol. The van der Waals surface area contributed by atoms with Crippen molar-refractivity contribution in [3.8, 4) is 0 Å². The first-order valence-electron chi connectivity index (χ1n) is 9.77. The Kier molecular flexibility index (Phi) is 8.66. The summed E-state index contributed by atoms with van der Waals surface area (Å²) in [6.45, 7) is 11.4. The Hall–Kier alpha value is -2.37. The molecule has 0 fully saturated rings. The molecule has 1 unspecified atom stereocenters. The second-order valence-corrected chi connectivity index (χ2v) is 8.61. The van der Waals surface area contributed by atoms with E-state index in [4.69, 9.17) is 4.74 Å². The summed E-state index contributed by atoms with van der Waals surface area (Å²) in [6.07, 6.45) is 1.04. The van der Waals surface area contributed by atoms with Crippen LogP contribution in [-0.2, 0) is 20.7 Å². The molecule has 2 amide bonds. The van der Waals surface area contributed by atoms with Gasteiger partial charge in [0.15, 0.2) is 0 Å². The molecule has 0 spiro atoms. The van der Waals surface area contributed by atoms with Crippen LogP contribution >= 0.6 is 0 Å². The predicted molar refractivity (Wildman–Crippen MR) is 110 cm³/mol. The molecule has 6 nitrogen and oxygen atoms in total. The largest absolute Gasteiger partial charge is 0.456 e. The number of carbonyl (C=O) groups excluding carboxylic acids is 3. The van der Waals surface area contributed by atoms with E-state index >= 15 is 0 Å². The van der Waals surface area contributed by atoms with Gasteiger partial charge in [-0.15, -0.1) is 0 Å². The van der Waals surface area contributed by atoms with E-state index in [1.165, 1.54) is 7.05 Å². The highest BCUT2D eigenvalue weighted by atomic mass is 16.6. The maximum atomic E-state index is 12.5. The van der Waals surface area contributed by atoms with Gasteiger partial charge in [0.1, 0.15) is 11.6 Å². The van der Waals surface area contributed by atoms with Gasteiger partial charge in [-0.2, -0.15) is 0 Å². The molecule has 1 aromatic rings. The lowest BCUT2D eigenvalue weighted by atomic mass is 9.97. The lowest BCUT2D eigenvalue weighted by molar-refractivity contribution is -0.130. The summed E-state index contributed by atoms with van der Waals surface area (Å²) in [5.41, 5.74) is 0.606. The fraction of sp³-hybridized carbons (Fsp3) is 0.591. The highest BCUT2D eigenvalue weighted by molar-refractivity contribution is 5.90. The van der Waals surface area contributed by atoms with Crippen molar-refractivity contribution >= 4 is 17.8 Å². The van der Waals surface area contributed by atoms with E-state index in [1.807, 2.05) is 33.8 Å². The third kappa shape index (κ3) is 8.11. The molecule has 0 heterocycles. The molecule has 2 N–H and O–H groups in total. The van der Waals surface area contributed by atoms with Gasteiger partial charge < -0.3 is 15.4 Å². The molecule has 0 aliphatic heterocycles. The van der Waals surface area contributed by atoms with E-state index in [9.17, 15) is 14.4 Å². The normalized spacial score (nSPS) is 13.6. The molecule has 0 bridgehead atoms. The molecule has 156 valence electrons. The van der Waals surface area contributed by atoms with E-state index in [0.717, 1.165) is 12.0 Å². The number of nitrogens with one attached hydrogen (secondary N) is 2. The summed E-state index contributed by atoms with van der Waals surface area (Å²) in [7, 11) is 1.54. The Balaban J connectivity index is 2.92. The van der Waals surface area contributed by atoms with Crippen LogP contribution in [0.1, 0.15) is 63.9 Å². The molecule has 2 atom stereocenters. The molecule has 28 heavy (non-hydrogen) atoms. The molecule has 1 aromatic carbocycles. The van der Waals surface area contributed by atoms with Gasteiger partial charge in [-0.1, -0.05) is 32.9 Å². The quantitative estimate of drug-likeness (QED) is 0.668. The van der Waals surface area contributed by atoms with Crippen molar-refractivity contribution in [2.24, 2.45) is 11.8 Å². The summed E-state index contributed by atoms with van der Waals surface area (Å²) in [6, 6.07) is 6.25. The van der Waals surface area contributed by atoms with Crippen LogP contribution in [0, 0.1) is 11.8 Å². The topological polar surface area (TPSA) is 84.5 Å². The SMILES string of the molecule is CNC(=O)C(Cc1cccc(C(=O)OC(C)(C)C)c1)NC(=O)[C@H](C)CC(C)C. The molecular formula is C22H34N2O4. The number of ether oxygens (including phenoxy) is 1. The van der Waals surface area contributed by atoms with Crippen LogP contribution in [0.25, 0.3) is 0 Å². The van der Waals surface area contributed by atoms with Gasteiger partial charge in [0.25, 0.3) is 0 Å². The second-order valence-electron chi connectivity index (χ2n) is 8.61. The molecule has 0 aliphatic rings. The van der Waals surface area contributed by atoms with Gasteiger partial charge in [0, 0.05) is 19.4 Å². The highest BCUT2D eigenvalue weighted by Crippen LogP contribution is 2.15. The van der Waals surface area contributed by atoms with Crippen LogP contribution in [0.2, 0.25) is 0 Å². The van der Waals surface area contributed by atoms with Crippen LogP contribution < -0.4 is 10.6 Å². The third-order valence-corrected chi connectivity index (χ3v) is 4.15. The number of carbonyl (C=O) groups is 3. The summed E-state index contributed by atoms with van der Waals surface area (Å²) >= 11 is 0. The molecule has 0 aromatic heterocycles. The minimum absolute atomic E-state index is 0.148. The van der Waals surface area contributed by atoms with E-state index in [-0.39, 0.29) is 24.2 Å². The Morgan fingerprint density at radius 3 is 2.25 bits per heavy atom. The van der Waals surface area contributed by atoms with E-state index in [0.29, 0.717) is 11.5 Å². The number of rotatable bonds is 8. The number of hydrogen-bond acceptors (Lipinski definition) is 4. The first-order valence-corrected chi connectivity index (χ1v) is 9.77. The van der Waals surface area contributed by atoms with Gasteiger partial charge in [0.05, 0.1) is 5.56 Å². The zero-order valence-electron chi connectivity index (χ0n) is 18.1. The number of amides is 2. The molecule has 6 heteroatoms. The van der Waals surface area contributed by atoms with E-state index < -0.39 is 17.6 Å². The minimum atomic E-state index is -0.707. The van der Waals surface area contributed by atoms with Crippen molar-refractivity contribution in [3.05, 3.63) is 35.4 Å². The highest BCUT2D eigenvalue weighted by Gasteiger charge is 2.24. The molecule has 0 saturated carbocycles. The lowest BCUT2D eigenvalue weighted by Crippen LogP contribution is -2.48. The van der Waals surface area contributed by atoms with Gasteiger partial charge in [0.2, 0.25) is 11.8 Å². The Morgan fingerprint density at radius 2 is 1.71 bits per heavy atom. The molecule has 0 saturated heterocycles. The fourth-order valence-electron chi connectivity index (χ4n) is 2.91. The van der Waals surface area contributed by atoms with Crippen LogP contribution in [0.3, 0.4) is 0 Å². The Labute approximate surface area is 168 Å². The smallest absolute Gasteiger partial charge is 0.338 e. The standard InChI is InChI=1S/C22H34N2O4/c1-14(2)11-15(3)19(25)24-18(20(26)23-7)13-16-9-8-10-17(12-16)21(27)28-22(4,5)6/h8-10,12,14-15,18H,11,13H2,1-7H3,(H,23,26)(H,24,25)/t15-,18?/m1/s1. The van der Waals surface area contributed by atoms with Gasteiger partial charge in [-0.25, -0.2) is 4.79 Å². The maximum absolute atomic E-state index is 12.5. The zero-order chi connectivity index (χ0) is 21.5. The van der Waals surface area contributed by atoms with Crippen LogP contribution in [-0.4, -0.2) is 36.5 Å². The first kappa shape index (κ1) is 23.7. The number of hydrogen-bond donors (Lipinski definition) is 2. The van der Waals surface area contributed by atoms with Gasteiger partial charge in [-0.3, -0.25) is 9.59 Å². The molecule has 0 aliphatic carbocycles. The average Bonchev–Trinajstić information content (AvgIpc) is 2.58. The van der Waals surface area contributed by atoms with Gasteiger partial charge >= 0.3 is 5.97 Å². The minimum Gasteiger partial charge on any atom is -0.456 e. The predicted octanol–water partition coefficient (Wildman–Crippen LogP) is 3.10. The summed E-state index contributed by atoms with van der Waals surface area (Å²) in [5.74, 6) is -0.622. The molecular weight excluding hydrogens is 356 g/mol. The van der Waals surface area contributed by atoms with Crippen LogP contribution in [0.4, 0.5) is 0 Å². The third-order valence-electron chi connectivity index (χ3n) is 4.15. The summed E-state index contributed by atoms with van der Waals surface area (Å²) < 4.78 is 5.40. The van der Waals surface area contributed by atoms with Crippen molar-refractivity contribution in [1.82, 2.24) is 10.6 Å². The molecule has 1 rings (SSSR count). The fourth-order valence-corrected chi connectivity index (χ4v) is 2.91. The number of esters is 1. The van der Waals surface area contributed by atoms with E-state index in [1.54, 1.807) is 18.2 Å². The van der Waals surface area contributed by atoms with Crippen LogP contribution in [0.15, 0.2) is 24.3 Å². The number of benzene rings is 1. The zero-order valence-corrected chi connectivity index (χ0v) is 18.1. The Morgan fingerprint density at radius 1 is 1.07 bits per heavy atom. The molecule has 0 radical (unpaired) electrons. The maximum Gasteiger partial charge on any atom is 0.338 e. The first-order chi connectivity index (χ1) is 12.9. The van der Waals surface area contributed by atoms with Crippen molar-refractivity contribution in [3.63, 3.8) is 0 Å². The van der Waals surface area contributed by atoms with E-state index in [2.05, 4.69) is 24.5 Å². The van der Waals surface area contributed by atoms with Crippen molar-refractivity contribution in [2.75, 3.05) is 7.05 Å². The Bertz CT molecular complexity index is 692. The van der Waals surface area contributed by atoms with Crippen LogP contribution in [0.5, 0.6) is 0 Å². The van der Waals surface area contributed by atoms with Gasteiger partial charge in [-0.05, 0) is 50.8 Å². The monoisotopic (exact) mass is 390 g/mol. The van der Waals surface area contributed by atoms with Crippen molar-refractivity contribution < 1.29 is 19.1 Å². The summed E-state index contributed by atoms with van der Waals surface area (Å²) in [4.78, 5) is 37.0.